The molecule has 0 aliphatic carbocycles. The van der Waals surface area contributed by atoms with Crippen molar-refractivity contribution in [1.29, 1.82) is 0 Å². The Morgan fingerprint density at radius 3 is 2.78 bits per heavy atom. The van der Waals surface area contributed by atoms with Crippen LogP contribution in [-0.2, 0) is 4.74 Å². The average Bonchev–Trinajstić information content (AvgIpc) is 2.37. The molecule has 0 aromatic heterocycles. The van der Waals surface area contributed by atoms with Crippen molar-refractivity contribution in [3.05, 3.63) is 23.8 Å². The number of benzene rings is 1. The first-order valence-corrected chi connectivity index (χ1v) is 7.49. The minimum Gasteiger partial charge on any atom is -0.389 e. The van der Waals surface area contributed by atoms with Crippen molar-refractivity contribution in [2.24, 2.45) is 5.73 Å². The van der Waals surface area contributed by atoms with Crippen LogP contribution in [0, 0.1) is 0 Å². The number of thiocarbonyl (C=S) groups is 1. The van der Waals surface area contributed by atoms with Crippen LogP contribution >= 0.6 is 24.0 Å². The minimum absolute atomic E-state index is 0.264. The van der Waals surface area contributed by atoms with Crippen molar-refractivity contribution in [1.82, 2.24) is 0 Å². The molecule has 0 aliphatic rings. The molecule has 0 aliphatic heterocycles. The summed E-state index contributed by atoms with van der Waals surface area (Å²) in [5, 5.41) is 3.45. The standard InChI is InChI=1S/C13H20N2OS2/c1-4-9(8-16-2)15-10-6-5-7-11(18-3)12(10)13(14)17/h5-7,9,15H,4,8H2,1-3H3,(H2,14,17). The van der Waals surface area contributed by atoms with Crippen LogP contribution in [0.5, 0.6) is 0 Å². The van der Waals surface area contributed by atoms with Crippen LogP contribution in [0.3, 0.4) is 0 Å². The van der Waals surface area contributed by atoms with Gasteiger partial charge in [0.15, 0.2) is 0 Å². The number of nitrogens with one attached hydrogen (secondary N) is 1. The van der Waals surface area contributed by atoms with Gasteiger partial charge in [0.1, 0.15) is 4.99 Å². The zero-order valence-corrected chi connectivity index (χ0v) is 12.7. The number of anilines is 1. The molecule has 1 rings (SSSR count). The lowest BCUT2D eigenvalue weighted by Crippen LogP contribution is -2.26. The molecule has 5 heteroatoms. The van der Waals surface area contributed by atoms with Gasteiger partial charge in [-0.3, -0.25) is 0 Å². The van der Waals surface area contributed by atoms with Gasteiger partial charge in [-0.25, -0.2) is 0 Å². The van der Waals surface area contributed by atoms with Crippen LogP contribution in [0.4, 0.5) is 5.69 Å². The number of rotatable bonds is 7. The molecule has 0 amide bonds. The second-order valence-electron chi connectivity index (χ2n) is 3.95. The molecule has 1 atom stereocenters. The second-order valence-corrected chi connectivity index (χ2v) is 5.24. The largest absolute Gasteiger partial charge is 0.389 e. The van der Waals surface area contributed by atoms with Gasteiger partial charge in [0, 0.05) is 29.3 Å². The summed E-state index contributed by atoms with van der Waals surface area (Å²) in [6.45, 7) is 2.78. The quantitative estimate of drug-likeness (QED) is 0.595. The summed E-state index contributed by atoms with van der Waals surface area (Å²) in [7, 11) is 1.71. The van der Waals surface area contributed by atoms with Crippen molar-refractivity contribution < 1.29 is 4.74 Å². The highest BCUT2D eigenvalue weighted by molar-refractivity contribution is 7.98. The lowest BCUT2D eigenvalue weighted by Gasteiger charge is -2.20. The molecule has 0 saturated carbocycles. The van der Waals surface area contributed by atoms with Crippen molar-refractivity contribution in [2.75, 3.05) is 25.3 Å². The second kappa shape index (κ2) is 7.61. The first kappa shape index (κ1) is 15.3. The highest BCUT2D eigenvalue weighted by Crippen LogP contribution is 2.27. The number of ether oxygens (including phenoxy) is 1. The topological polar surface area (TPSA) is 47.3 Å². The SMILES string of the molecule is CCC(COC)Nc1cccc(SC)c1C(N)=S. The summed E-state index contributed by atoms with van der Waals surface area (Å²) in [5.74, 6) is 0. The van der Waals surface area contributed by atoms with Crippen LogP contribution in [0.25, 0.3) is 0 Å². The van der Waals surface area contributed by atoms with Gasteiger partial charge in [0.25, 0.3) is 0 Å². The van der Waals surface area contributed by atoms with Gasteiger partial charge in [-0.15, -0.1) is 11.8 Å². The van der Waals surface area contributed by atoms with Gasteiger partial charge >= 0.3 is 0 Å². The molecule has 100 valence electrons. The Bertz CT molecular complexity index is 410. The zero-order valence-electron chi connectivity index (χ0n) is 11.0. The normalized spacial score (nSPS) is 12.2. The van der Waals surface area contributed by atoms with E-state index in [1.165, 1.54) is 0 Å². The van der Waals surface area contributed by atoms with Gasteiger partial charge in [-0.05, 0) is 24.8 Å². The molecular formula is C13H20N2OS2. The Hall–Kier alpha value is -0.780. The highest BCUT2D eigenvalue weighted by Gasteiger charge is 2.13. The lowest BCUT2D eigenvalue weighted by atomic mass is 10.1. The van der Waals surface area contributed by atoms with Gasteiger partial charge < -0.3 is 15.8 Å². The van der Waals surface area contributed by atoms with E-state index in [4.69, 9.17) is 22.7 Å². The molecule has 0 radical (unpaired) electrons. The first-order valence-electron chi connectivity index (χ1n) is 5.86. The summed E-state index contributed by atoms with van der Waals surface area (Å²) in [5.41, 5.74) is 7.74. The van der Waals surface area contributed by atoms with Crippen LogP contribution in [-0.4, -0.2) is 31.0 Å². The van der Waals surface area contributed by atoms with E-state index in [9.17, 15) is 0 Å². The maximum Gasteiger partial charge on any atom is 0.107 e. The average molecular weight is 284 g/mol. The van der Waals surface area contributed by atoms with E-state index in [1.807, 2.05) is 24.5 Å². The van der Waals surface area contributed by atoms with Crippen molar-refractivity contribution in [3.63, 3.8) is 0 Å². The molecule has 3 nitrogen and oxygen atoms in total. The molecule has 0 fully saturated rings. The van der Waals surface area contributed by atoms with E-state index >= 15 is 0 Å². The number of methoxy groups -OCH3 is 1. The summed E-state index contributed by atoms with van der Waals surface area (Å²) < 4.78 is 5.19. The number of thioether (sulfide) groups is 1. The van der Waals surface area contributed by atoms with Gasteiger partial charge in [0.2, 0.25) is 0 Å². The summed E-state index contributed by atoms with van der Waals surface area (Å²) in [6.07, 6.45) is 3.00. The predicted molar refractivity (Wildman–Crippen MR) is 83.7 cm³/mol. The Kier molecular flexibility index (Phi) is 6.46. The zero-order chi connectivity index (χ0) is 13.5. The molecule has 1 aromatic rings. The third-order valence-electron chi connectivity index (χ3n) is 2.71. The number of hydrogen-bond donors (Lipinski definition) is 2. The van der Waals surface area contributed by atoms with E-state index in [1.54, 1.807) is 18.9 Å². The van der Waals surface area contributed by atoms with Crippen LogP contribution in [0.1, 0.15) is 18.9 Å². The number of hydrogen-bond acceptors (Lipinski definition) is 4. The van der Waals surface area contributed by atoms with E-state index in [0.717, 1.165) is 22.6 Å². The summed E-state index contributed by atoms with van der Waals surface area (Å²) in [4.78, 5) is 1.52. The summed E-state index contributed by atoms with van der Waals surface area (Å²) in [6, 6.07) is 6.31. The van der Waals surface area contributed by atoms with Gasteiger partial charge in [-0.2, -0.15) is 0 Å². The number of nitrogens with two attached hydrogens (primary N) is 1. The monoisotopic (exact) mass is 284 g/mol. The van der Waals surface area contributed by atoms with Crippen molar-refractivity contribution >= 4 is 34.7 Å². The smallest absolute Gasteiger partial charge is 0.107 e. The maximum atomic E-state index is 5.83. The van der Waals surface area contributed by atoms with E-state index < -0.39 is 0 Å². The van der Waals surface area contributed by atoms with E-state index in [-0.39, 0.29) is 6.04 Å². The molecule has 1 unspecified atom stereocenters. The lowest BCUT2D eigenvalue weighted by molar-refractivity contribution is 0.184. The molecule has 0 saturated heterocycles. The van der Waals surface area contributed by atoms with E-state index in [0.29, 0.717) is 11.6 Å². The molecule has 3 N–H and O–H groups in total. The van der Waals surface area contributed by atoms with Crippen LogP contribution < -0.4 is 11.1 Å². The molecule has 0 spiro atoms. The van der Waals surface area contributed by atoms with Crippen molar-refractivity contribution in [3.8, 4) is 0 Å². The van der Waals surface area contributed by atoms with Gasteiger partial charge in [0.05, 0.1) is 6.61 Å². The minimum atomic E-state index is 0.264. The predicted octanol–water partition coefficient (Wildman–Crippen LogP) is 2.88. The summed E-state index contributed by atoms with van der Waals surface area (Å²) >= 11 is 6.80. The Balaban J connectivity index is 3.03. The Morgan fingerprint density at radius 1 is 1.56 bits per heavy atom. The third-order valence-corrected chi connectivity index (χ3v) is 3.70. The van der Waals surface area contributed by atoms with E-state index in [2.05, 4.69) is 12.2 Å². The fourth-order valence-electron chi connectivity index (χ4n) is 1.76. The first-order chi connectivity index (χ1) is 8.63. The molecule has 1 aromatic carbocycles. The van der Waals surface area contributed by atoms with Crippen LogP contribution in [0.2, 0.25) is 0 Å². The maximum absolute atomic E-state index is 5.83. The van der Waals surface area contributed by atoms with Crippen molar-refractivity contribution in [2.45, 2.75) is 24.3 Å². The third kappa shape index (κ3) is 3.86. The molecular weight excluding hydrogens is 264 g/mol. The Morgan fingerprint density at radius 2 is 2.28 bits per heavy atom. The molecule has 18 heavy (non-hydrogen) atoms. The highest BCUT2D eigenvalue weighted by atomic mass is 32.2. The fourth-order valence-corrected chi connectivity index (χ4v) is 2.68. The van der Waals surface area contributed by atoms with Crippen LogP contribution in [0.15, 0.2) is 23.1 Å². The molecule has 0 bridgehead atoms. The van der Waals surface area contributed by atoms with Gasteiger partial charge in [-0.1, -0.05) is 25.2 Å². The Labute approximate surface area is 118 Å². The molecule has 0 heterocycles. The fraction of sp³-hybridized carbons (Fsp3) is 0.462.